The maximum absolute atomic E-state index is 13.1. The average Bonchev–Trinajstić information content (AvgIpc) is 3.04. The molecule has 3 heterocycles. The number of piperazine rings is 1. The molecule has 1 saturated heterocycles. The Kier molecular flexibility index (Phi) is 9.30. The fourth-order valence-electron chi connectivity index (χ4n) is 9.10. The summed E-state index contributed by atoms with van der Waals surface area (Å²) in [5, 5.41) is 8.43. The first kappa shape index (κ1) is 32.8. The van der Waals surface area contributed by atoms with Crippen LogP contribution in [0.2, 0.25) is 0 Å². The van der Waals surface area contributed by atoms with E-state index in [1.54, 1.807) is 18.3 Å². The third-order valence-electron chi connectivity index (χ3n) is 10.5. The first-order valence-corrected chi connectivity index (χ1v) is 19.0. The molecule has 11 nitrogen and oxygen atoms in total. The lowest BCUT2D eigenvalue weighted by Crippen LogP contribution is -2.51. The molecule has 48 heavy (non-hydrogen) atoms. The highest BCUT2D eigenvalue weighted by Crippen LogP contribution is 2.60. The fourth-order valence-corrected chi connectivity index (χ4v) is 10.7. The number of carbonyl (C=O) groups excluding carboxylic acids is 1. The smallest absolute Gasteiger partial charge is 0.285 e. The molecule has 5 aliphatic rings. The molecule has 1 aromatic carbocycles. The summed E-state index contributed by atoms with van der Waals surface area (Å²) in [6.07, 6.45) is 10.2. The summed E-state index contributed by atoms with van der Waals surface area (Å²) in [6.45, 7) is 9.01. The van der Waals surface area contributed by atoms with Crippen LogP contribution in [-0.2, 0) is 16.6 Å². The zero-order valence-corrected chi connectivity index (χ0v) is 28.8. The van der Waals surface area contributed by atoms with Gasteiger partial charge >= 0.3 is 0 Å². The zero-order chi connectivity index (χ0) is 33.3. The normalized spacial score (nSPS) is 25.2. The summed E-state index contributed by atoms with van der Waals surface area (Å²) in [5.41, 5.74) is 2.99. The number of pyridine rings is 1. The van der Waals surface area contributed by atoms with Crippen LogP contribution in [0.1, 0.15) is 68.4 Å². The predicted molar refractivity (Wildman–Crippen MR) is 183 cm³/mol. The van der Waals surface area contributed by atoms with Crippen molar-refractivity contribution >= 4 is 21.7 Å². The molecular formula is C36H46N6O5S. The van der Waals surface area contributed by atoms with E-state index in [1.807, 2.05) is 32.2 Å². The second kappa shape index (κ2) is 13.6. The molecule has 5 fully saturated rings. The van der Waals surface area contributed by atoms with Gasteiger partial charge in [0.2, 0.25) is 10.0 Å². The van der Waals surface area contributed by atoms with Crippen molar-refractivity contribution < 1.29 is 22.7 Å². The molecule has 4 saturated carbocycles. The largest absolute Gasteiger partial charge is 0.494 e. The van der Waals surface area contributed by atoms with Gasteiger partial charge in [-0.15, -0.1) is 10.2 Å². The SMILES string of the molecule is CCOc1cncc(-c2cc(CN3CCN(c4ccc(C(=O)NS(=O)(=O)CC56CC7CC(CC(C7)C5)C6)nn4)CC3)cc(OCC)c2)c1. The molecule has 8 rings (SSSR count). The Morgan fingerprint density at radius 1 is 0.854 bits per heavy atom. The molecular weight excluding hydrogens is 629 g/mol. The lowest BCUT2D eigenvalue weighted by Gasteiger charge is -2.56. The van der Waals surface area contributed by atoms with E-state index in [9.17, 15) is 13.2 Å². The van der Waals surface area contributed by atoms with Gasteiger partial charge in [-0.05, 0) is 123 Å². The molecule has 12 heteroatoms. The molecule has 256 valence electrons. The highest BCUT2D eigenvalue weighted by Gasteiger charge is 2.52. The number of ether oxygens (including phenoxy) is 2. The number of sulfonamides is 1. The number of aromatic nitrogens is 3. The molecule has 0 atom stereocenters. The Hall–Kier alpha value is -3.77. The van der Waals surface area contributed by atoms with E-state index in [4.69, 9.17) is 9.47 Å². The van der Waals surface area contributed by atoms with Gasteiger partial charge in [-0.2, -0.15) is 0 Å². The highest BCUT2D eigenvalue weighted by molar-refractivity contribution is 7.90. The third-order valence-corrected chi connectivity index (χ3v) is 12.0. The van der Waals surface area contributed by atoms with Gasteiger partial charge in [0.25, 0.3) is 5.91 Å². The van der Waals surface area contributed by atoms with Crippen molar-refractivity contribution in [2.75, 3.05) is 50.0 Å². The number of hydrogen-bond acceptors (Lipinski definition) is 10. The molecule has 1 aliphatic heterocycles. The summed E-state index contributed by atoms with van der Waals surface area (Å²) < 4.78 is 40.2. The molecule has 1 amide bonds. The molecule has 3 aromatic rings. The van der Waals surface area contributed by atoms with E-state index in [0.29, 0.717) is 36.8 Å². The number of amides is 1. The van der Waals surface area contributed by atoms with E-state index >= 15 is 0 Å². The van der Waals surface area contributed by atoms with Gasteiger partial charge in [0.1, 0.15) is 11.5 Å². The monoisotopic (exact) mass is 674 g/mol. The summed E-state index contributed by atoms with van der Waals surface area (Å²) in [5.74, 6) is 3.50. The van der Waals surface area contributed by atoms with Crippen LogP contribution >= 0.6 is 0 Å². The van der Waals surface area contributed by atoms with E-state index in [1.165, 1.54) is 19.3 Å². The fraction of sp³-hybridized carbons (Fsp3) is 0.556. The quantitative estimate of drug-likeness (QED) is 0.283. The Labute approximate surface area is 283 Å². The number of anilines is 1. The van der Waals surface area contributed by atoms with Gasteiger partial charge in [-0.1, -0.05) is 0 Å². The molecule has 2 aromatic heterocycles. The van der Waals surface area contributed by atoms with Gasteiger partial charge in [-0.3, -0.25) is 14.7 Å². The highest BCUT2D eigenvalue weighted by atomic mass is 32.2. The summed E-state index contributed by atoms with van der Waals surface area (Å²) in [6, 6.07) is 11.6. The van der Waals surface area contributed by atoms with E-state index < -0.39 is 15.9 Å². The lowest BCUT2D eigenvalue weighted by molar-refractivity contribution is -0.0391. The van der Waals surface area contributed by atoms with Crippen molar-refractivity contribution in [3.8, 4) is 22.6 Å². The van der Waals surface area contributed by atoms with E-state index in [2.05, 4.69) is 41.8 Å². The average molecular weight is 675 g/mol. The Morgan fingerprint density at radius 2 is 1.52 bits per heavy atom. The zero-order valence-electron chi connectivity index (χ0n) is 27.9. The van der Waals surface area contributed by atoms with Crippen LogP contribution in [0, 0.1) is 23.2 Å². The Morgan fingerprint density at radius 3 is 2.17 bits per heavy atom. The van der Waals surface area contributed by atoms with Crippen molar-refractivity contribution in [1.29, 1.82) is 0 Å². The summed E-state index contributed by atoms with van der Waals surface area (Å²) in [7, 11) is -3.78. The minimum Gasteiger partial charge on any atom is -0.494 e. The van der Waals surface area contributed by atoms with Crippen LogP contribution in [0.4, 0.5) is 5.82 Å². The summed E-state index contributed by atoms with van der Waals surface area (Å²) >= 11 is 0. The van der Waals surface area contributed by atoms with Crippen molar-refractivity contribution in [2.24, 2.45) is 23.2 Å². The van der Waals surface area contributed by atoms with Crippen LogP contribution in [-0.4, -0.2) is 79.6 Å². The number of carbonyl (C=O) groups is 1. The number of benzene rings is 1. The topological polar surface area (TPSA) is 127 Å². The first-order chi connectivity index (χ1) is 23.2. The van der Waals surface area contributed by atoms with Gasteiger partial charge in [0, 0.05) is 44.5 Å². The van der Waals surface area contributed by atoms with Crippen LogP contribution in [0.15, 0.2) is 48.8 Å². The Balaban J connectivity index is 0.940. The van der Waals surface area contributed by atoms with E-state index in [-0.39, 0.29) is 16.9 Å². The molecule has 0 radical (unpaired) electrons. The molecule has 4 bridgehead atoms. The summed E-state index contributed by atoms with van der Waals surface area (Å²) in [4.78, 5) is 21.8. The van der Waals surface area contributed by atoms with Crippen LogP contribution in [0.5, 0.6) is 11.5 Å². The maximum Gasteiger partial charge on any atom is 0.285 e. The van der Waals surface area contributed by atoms with Gasteiger partial charge in [0.05, 0.1) is 25.2 Å². The molecule has 0 spiro atoms. The van der Waals surface area contributed by atoms with Crippen LogP contribution in [0.3, 0.4) is 0 Å². The van der Waals surface area contributed by atoms with E-state index in [0.717, 1.165) is 80.2 Å². The number of hydrogen-bond donors (Lipinski definition) is 1. The maximum atomic E-state index is 13.1. The second-order valence-corrected chi connectivity index (χ2v) is 16.0. The minimum absolute atomic E-state index is 0.0125. The third kappa shape index (κ3) is 7.44. The number of rotatable bonds is 12. The van der Waals surface area contributed by atoms with Crippen molar-refractivity contribution in [2.45, 2.75) is 58.9 Å². The standard InChI is InChI=1S/C36H46N6O5S/c1-3-46-31-15-28(14-29(16-31)30-17-32(47-4-2)22-37-21-30)23-41-7-9-42(10-8-41)34-6-5-33(38-39-34)35(43)40-48(44,45)24-36-18-25-11-26(19-36)13-27(12-25)20-36/h5-6,14-17,21-22,25-27H,3-4,7-13,18-20,23-24H2,1-2H3,(H,40,43). The molecule has 1 N–H and O–H groups in total. The van der Waals surface area contributed by atoms with Crippen molar-refractivity contribution in [1.82, 2.24) is 24.8 Å². The number of nitrogens with one attached hydrogen (secondary N) is 1. The van der Waals surface area contributed by atoms with Crippen molar-refractivity contribution in [3.63, 3.8) is 0 Å². The number of nitrogens with zero attached hydrogens (tertiary/aromatic N) is 5. The lowest BCUT2D eigenvalue weighted by atomic mass is 9.50. The second-order valence-electron chi connectivity index (χ2n) is 14.3. The Bertz CT molecular complexity index is 1690. The predicted octanol–water partition coefficient (Wildman–Crippen LogP) is 4.93. The molecule has 0 unspecified atom stereocenters. The minimum atomic E-state index is -3.78. The van der Waals surface area contributed by atoms with Gasteiger partial charge < -0.3 is 14.4 Å². The van der Waals surface area contributed by atoms with Gasteiger partial charge in [-0.25, -0.2) is 13.1 Å². The first-order valence-electron chi connectivity index (χ1n) is 17.4. The van der Waals surface area contributed by atoms with Crippen molar-refractivity contribution in [3.05, 3.63) is 60.0 Å². The van der Waals surface area contributed by atoms with Crippen LogP contribution < -0.4 is 19.1 Å². The molecule has 4 aliphatic carbocycles. The van der Waals surface area contributed by atoms with Crippen LogP contribution in [0.25, 0.3) is 11.1 Å². The van der Waals surface area contributed by atoms with Gasteiger partial charge in [0.15, 0.2) is 11.5 Å².